The van der Waals surface area contributed by atoms with E-state index >= 15 is 0 Å². The van der Waals surface area contributed by atoms with Crippen LogP contribution in [0.3, 0.4) is 0 Å². The molecular formula is C19H25N5O. The summed E-state index contributed by atoms with van der Waals surface area (Å²) in [5, 5.41) is 6.07. The lowest BCUT2D eigenvalue weighted by molar-refractivity contribution is -0.114. The van der Waals surface area contributed by atoms with E-state index in [1.165, 1.54) is 26.2 Å². The second-order valence-corrected chi connectivity index (χ2v) is 6.40. The van der Waals surface area contributed by atoms with Crippen molar-refractivity contribution >= 4 is 28.9 Å². The Labute approximate surface area is 148 Å². The average Bonchev–Trinajstić information content (AvgIpc) is 2.63. The van der Waals surface area contributed by atoms with Gasteiger partial charge in [-0.2, -0.15) is 0 Å². The Bertz CT molecular complexity index is 716. The summed E-state index contributed by atoms with van der Waals surface area (Å²) in [6.07, 6.45) is 6.50. The molecule has 132 valence electrons. The van der Waals surface area contributed by atoms with Gasteiger partial charge in [0.25, 0.3) is 0 Å². The minimum absolute atomic E-state index is 0.0758. The molecule has 1 aromatic carbocycles. The average molecular weight is 339 g/mol. The van der Waals surface area contributed by atoms with Crippen LogP contribution in [-0.2, 0) is 4.79 Å². The molecule has 2 aromatic rings. The second kappa shape index (κ2) is 7.96. The highest BCUT2D eigenvalue weighted by molar-refractivity contribution is 5.88. The van der Waals surface area contributed by atoms with Crippen molar-refractivity contribution in [1.29, 1.82) is 0 Å². The molecule has 6 nitrogen and oxygen atoms in total. The molecule has 0 radical (unpaired) electrons. The highest BCUT2D eigenvalue weighted by Crippen LogP contribution is 2.27. The highest BCUT2D eigenvalue weighted by atomic mass is 16.1. The maximum Gasteiger partial charge on any atom is 0.221 e. The van der Waals surface area contributed by atoms with Gasteiger partial charge in [0, 0.05) is 37.0 Å². The van der Waals surface area contributed by atoms with Gasteiger partial charge in [-0.15, -0.1) is 0 Å². The zero-order valence-corrected chi connectivity index (χ0v) is 14.8. The molecule has 0 spiro atoms. The van der Waals surface area contributed by atoms with Crippen molar-refractivity contribution in [2.24, 2.45) is 0 Å². The van der Waals surface area contributed by atoms with Crippen molar-refractivity contribution in [2.75, 3.05) is 22.1 Å². The Morgan fingerprint density at radius 1 is 1.20 bits per heavy atom. The third-order valence-electron chi connectivity index (χ3n) is 4.52. The van der Waals surface area contributed by atoms with Crippen molar-refractivity contribution in [3.63, 3.8) is 0 Å². The van der Waals surface area contributed by atoms with Gasteiger partial charge in [0.15, 0.2) is 0 Å². The molecule has 2 N–H and O–H groups in total. The monoisotopic (exact) mass is 339 g/mol. The van der Waals surface area contributed by atoms with Crippen LogP contribution in [0.2, 0.25) is 0 Å². The predicted molar refractivity (Wildman–Crippen MR) is 101 cm³/mol. The van der Waals surface area contributed by atoms with E-state index in [9.17, 15) is 4.79 Å². The van der Waals surface area contributed by atoms with E-state index in [-0.39, 0.29) is 5.91 Å². The van der Waals surface area contributed by atoms with Crippen LogP contribution in [0, 0.1) is 0 Å². The molecule has 1 aliphatic rings. The molecule has 1 aliphatic heterocycles. The van der Waals surface area contributed by atoms with Crippen LogP contribution >= 0.6 is 0 Å². The zero-order valence-electron chi connectivity index (χ0n) is 14.8. The van der Waals surface area contributed by atoms with Gasteiger partial charge in [-0.25, -0.2) is 9.97 Å². The molecule has 0 bridgehead atoms. The Kier molecular flexibility index (Phi) is 5.48. The molecule has 2 heterocycles. The molecule has 1 aromatic heterocycles. The van der Waals surface area contributed by atoms with E-state index in [0.29, 0.717) is 6.04 Å². The van der Waals surface area contributed by atoms with E-state index < -0.39 is 0 Å². The first-order chi connectivity index (χ1) is 12.2. The molecule has 3 rings (SSSR count). The maximum atomic E-state index is 11.1. The number of aromatic nitrogens is 2. The molecular weight excluding hydrogens is 314 g/mol. The van der Waals surface area contributed by atoms with Crippen LogP contribution in [0.25, 0.3) is 0 Å². The third kappa shape index (κ3) is 4.47. The van der Waals surface area contributed by atoms with Crippen molar-refractivity contribution in [3.8, 4) is 0 Å². The van der Waals surface area contributed by atoms with Crippen molar-refractivity contribution in [3.05, 3.63) is 36.7 Å². The summed E-state index contributed by atoms with van der Waals surface area (Å²) in [5.74, 6) is 1.68. The first-order valence-electron chi connectivity index (χ1n) is 8.89. The predicted octanol–water partition coefficient (Wildman–Crippen LogP) is 3.95. The first kappa shape index (κ1) is 17.2. The normalized spacial score (nSPS) is 17.2. The Morgan fingerprint density at radius 3 is 2.68 bits per heavy atom. The summed E-state index contributed by atoms with van der Waals surface area (Å²) in [6, 6.07) is 10.1. The lowest BCUT2D eigenvalue weighted by Gasteiger charge is -2.36. The largest absolute Gasteiger partial charge is 0.353 e. The van der Waals surface area contributed by atoms with Gasteiger partial charge < -0.3 is 15.5 Å². The van der Waals surface area contributed by atoms with E-state index in [1.54, 1.807) is 6.33 Å². The number of nitrogens with one attached hydrogen (secondary N) is 2. The second-order valence-electron chi connectivity index (χ2n) is 6.40. The van der Waals surface area contributed by atoms with Gasteiger partial charge in [-0.05, 0) is 49.9 Å². The van der Waals surface area contributed by atoms with Gasteiger partial charge in [-0.3, -0.25) is 4.79 Å². The van der Waals surface area contributed by atoms with Gasteiger partial charge in [0.05, 0.1) is 0 Å². The van der Waals surface area contributed by atoms with Crippen LogP contribution in [0.15, 0.2) is 36.7 Å². The number of hydrogen-bond donors (Lipinski definition) is 2. The number of anilines is 4. The number of nitrogens with zero attached hydrogens (tertiary/aromatic N) is 3. The molecule has 0 saturated carbocycles. The molecule has 1 fully saturated rings. The van der Waals surface area contributed by atoms with Gasteiger partial charge in [0.2, 0.25) is 5.91 Å². The quantitative estimate of drug-likeness (QED) is 0.863. The first-order valence-corrected chi connectivity index (χ1v) is 8.89. The van der Waals surface area contributed by atoms with E-state index in [0.717, 1.165) is 36.0 Å². The Morgan fingerprint density at radius 2 is 1.96 bits per heavy atom. The lowest BCUT2D eigenvalue weighted by atomic mass is 10.0. The van der Waals surface area contributed by atoms with E-state index in [1.807, 2.05) is 30.3 Å². The molecule has 1 atom stereocenters. The van der Waals surface area contributed by atoms with Crippen molar-refractivity contribution in [2.45, 2.75) is 45.6 Å². The number of carbonyl (C=O) groups excluding carboxylic acids is 1. The van der Waals surface area contributed by atoms with Crippen LogP contribution in [0.5, 0.6) is 0 Å². The van der Waals surface area contributed by atoms with Crippen LogP contribution in [0.1, 0.15) is 39.5 Å². The summed E-state index contributed by atoms with van der Waals surface area (Å²) in [6.45, 7) is 4.79. The van der Waals surface area contributed by atoms with Crippen molar-refractivity contribution < 1.29 is 4.79 Å². The van der Waals surface area contributed by atoms with Gasteiger partial charge in [0.1, 0.15) is 18.0 Å². The number of piperidine rings is 1. The standard InChI is InChI=1S/C19H25N5O/c1-3-17-6-4-5-11-24(17)19-12-18(20-13-21-19)23-16-9-7-15(8-10-16)22-14(2)25/h7-10,12-13,17H,3-6,11H2,1-2H3,(H,22,25)(H,20,21,23). The lowest BCUT2D eigenvalue weighted by Crippen LogP contribution is -2.39. The number of hydrogen-bond acceptors (Lipinski definition) is 5. The Hall–Kier alpha value is -2.63. The SMILES string of the molecule is CCC1CCCCN1c1cc(Nc2ccc(NC(C)=O)cc2)ncn1. The van der Waals surface area contributed by atoms with E-state index in [2.05, 4.69) is 32.4 Å². The molecule has 1 saturated heterocycles. The molecule has 1 unspecified atom stereocenters. The summed E-state index contributed by atoms with van der Waals surface area (Å²) in [7, 11) is 0. The zero-order chi connectivity index (χ0) is 17.6. The summed E-state index contributed by atoms with van der Waals surface area (Å²) in [4.78, 5) is 22.3. The number of benzene rings is 1. The van der Waals surface area contributed by atoms with Gasteiger partial charge in [-0.1, -0.05) is 6.92 Å². The minimum atomic E-state index is -0.0758. The van der Waals surface area contributed by atoms with Crippen LogP contribution in [0.4, 0.5) is 23.0 Å². The minimum Gasteiger partial charge on any atom is -0.353 e. The number of amides is 1. The fourth-order valence-electron chi connectivity index (χ4n) is 3.29. The summed E-state index contributed by atoms with van der Waals surface area (Å²) < 4.78 is 0. The van der Waals surface area contributed by atoms with Crippen LogP contribution < -0.4 is 15.5 Å². The maximum absolute atomic E-state index is 11.1. The smallest absolute Gasteiger partial charge is 0.221 e. The third-order valence-corrected chi connectivity index (χ3v) is 4.52. The molecule has 1 amide bonds. The van der Waals surface area contributed by atoms with Crippen LogP contribution in [-0.4, -0.2) is 28.5 Å². The molecule has 0 aliphatic carbocycles. The summed E-state index contributed by atoms with van der Waals surface area (Å²) >= 11 is 0. The number of rotatable bonds is 5. The Balaban J connectivity index is 1.72. The number of carbonyl (C=O) groups is 1. The highest BCUT2D eigenvalue weighted by Gasteiger charge is 2.22. The fourth-order valence-corrected chi connectivity index (χ4v) is 3.29. The van der Waals surface area contributed by atoms with Gasteiger partial charge >= 0.3 is 0 Å². The molecule has 6 heteroatoms. The van der Waals surface area contributed by atoms with E-state index in [4.69, 9.17) is 0 Å². The topological polar surface area (TPSA) is 70.2 Å². The summed E-state index contributed by atoms with van der Waals surface area (Å²) in [5.41, 5.74) is 1.70. The van der Waals surface area contributed by atoms with Crippen molar-refractivity contribution in [1.82, 2.24) is 9.97 Å². The molecule has 25 heavy (non-hydrogen) atoms. The fraction of sp³-hybridized carbons (Fsp3) is 0.421.